The molecule has 29 heavy (non-hydrogen) atoms. The fourth-order valence-corrected chi connectivity index (χ4v) is 3.49. The number of amides is 1. The van der Waals surface area contributed by atoms with Crippen molar-refractivity contribution in [2.45, 2.75) is 57.8 Å². The molecule has 0 radical (unpaired) electrons. The van der Waals surface area contributed by atoms with Crippen LogP contribution >= 0.6 is 0 Å². The first-order chi connectivity index (χ1) is 13.8. The number of carbonyl (C=O) groups is 1. The number of carbonyl (C=O) groups excluding carboxylic acids is 1. The van der Waals surface area contributed by atoms with Gasteiger partial charge in [-0.05, 0) is 39.7 Å². The third kappa shape index (κ3) is 4.49. The maximum Gasteiger partial charge on any atom is 0.407 e. The molecule has 0 unspecified atom stereocenters. The summed E-state index contributed by atoms with van der Waals surface area (Å²) in [5, 5.41) is 11.5. The summed E-state index contributed by atoms with van der Waals surface area (Å²) in [6, 6.07) is 1.90. The Balaban J connectivity index is 1.47. The van der Waals surface area contributed by atoms with Gasteiger partial charge in [0.2, 0.25) is 5.88 Å². The highest BCUT2D eigenvalue weighted by molar-refractivity contribution is 5.68. The fourth-order valence-electron chi connectivity index (χ4n) is 3.49. The van der Waals surface area contributed by atoms with Crippen LogP contribution in [0.5, 0.6) is 5.88 Å². The van der Waals surface area contributed by atoms with Crippen molar-refractivity contribution in [3.8, 4) is 17.1 Å². The predicted octanol–water partition coefficient (Wildman–Crippen LogP) is 2.95. The Hall–Kier alpha value is -3.10. The molecule has 1 saturated carbocycles. The summed E-state index contributed by atoms with van der Waals surface area (Å²) in [6.07, 6.45) is 9.19. The van der Waals surface area contributed by atoms with Gasteiger partial charge in [0.25, 0.3) is 0 Å². The predicted molar refractivity (Wildman–Crippen MR) is 107 cm³/mol. The Morgan fingerprint density at radius 2 is 2.07 bits per heavy atom. The molecule has 0 saturated heterocycles. The van der Waals surface area contributed by atoms with Gasteiger partial charge in [-0.1, -0.05) is 0 Å². The van der Waals surface area contributed by atoms with E-state index >= 15 is 0 Å². The minimum atomic E-state index is -0.511. The molecule has 2 atom stereocenters. The molecular weight excluding hydrogens is 372 g/mol. The largest absolute Gasteiger partial charge is 0.473 e. The lowest BCUT2D eigenvalue weighted by atomic mass is 10.2. The quantitative estimate of drug-likeness (QED) is 0.726. The monoisotopic (exact) mass is 398 g/mol. The molecule has 4 rings (SSSR count). The standard InChI is InChI=1S/C20H26N6O3/c1-20(2,3)29-19(27)23-14-5-6-15(9-14)28-18-17-7-8-21-26(17)12-16(24-18)13-10-22-25(4)11-13/h7-8,10-12,14-15H,5-6,9H2,1-4H3,(H,23,27)/t14-,15+/m0/s1. The molecule has 154 valence electrons. The highest BCUT2D eigenvalue weighted by atomic mass is 16.6. The van der Waals surface area contributed by atoms with Crippen molar-refractivity contribution in [3.05, 3.63) is 30.9 Å². The van der Waals surface area contributed by atoms with Crippen LogP contribution < -0.4 is 10.1 Å². The van der Waals surface area contributed by atoms with Gasteiger partial charge in [0.1, 0.15) is 17.2 Å². The van der Waals surface area contributed by atoms with E-state index in [1.54, 1.807) is 21.6 Å². The van der Waals surface area contributed by atoms with Gasteiger partial charge in [0.15, 0.2) is 0 Å². The van der Waals surface area contributed by atoms with Crippen LogP contribution in [0.15, 0.2) is 30.9 Å². The van der Waals surface area contributed by atoms with E-state index in [9.17, 15) is 4.79 Å². The van der Waals surface area contributed by atoms with Crippen molar-refractivity contribution in [1.29, 1.82) is 0 Å². The molecule has 0 aromatic carbocycles. The number of hydrogen-bond donors (Lipinski definition) is 1. The Kier molecular flexibility index (Phi) is 4.89. The number of aryl methyl sites for hydroxylation is 1. The normalized spacial score (nSPS) is 19.4. The van der Waals surface area contributed by atoms with Crippen LogP contribution in [0.2, 0.25) is 0 Å². The van der Waals surface area contributed by atoms with Gasteiger partial charge < -0.3 is 14.8 Å². The summed E-state index contributed by atoms with van der Waals surface area (Å²) in [7, 11) is 1.86. The molecule has 3 aromatic heterocycles. The first kappa shape index (κ1) is 19.2. The second kappa shape index (κ2) is 7.38. The zero-order valence-corrected chi connectivity index (χ0v) is 17.1. The van der Waals surface area contributed by atoms with E-state index in [0.29, 0.717) is 12.3 Å². The van der Waals surface area contributed by atoms with Gasteiger partial charge in [0, 0.05) is 31.3 Å². The average molecular weight is 398 g/mol. The van der Waals surface area contributed by atoms with E-state index in [2.05, 4.69) is 15.5 Å². The number of fused-ring (bicyclic) bond motifs is 1. The summed E-state index contributed by atoms with van der Waals surface area (Å²) in [5.74, 6) is 0.534. The van der Waals surface area contributed by atoms with E-state index < -0.39 is 11.7 Å². The molecule has 0 bridgehead atoms. The number of ether oxygens (including phenoxy) is 2. The summed E-state index contributed by atoms with van der Waals surface area (Å²) in [4.78, 5) is 16.7. The van der Waals surface area contributed by atoms with Gasteiger partial charge in [-0.2, -0.15) is 10.2 Å². The third-order valence-electron chi connectivity index (χ3n) is 4.74. The minimum Gasteiger partial charge on any atom is -0.473 e. The van der Waals surface area contributed by atoms with Crippen LogP contribution in [-0.2, 0) is 11.8 Å². The number of alkyl carbamates (subject to hydrolysis) is 1. The van der Waals surface area contributed by atoms with Crippen LogP contribution in [0.3, 0.4) is 0 Å². The molecule has 1 aliphatic rings. The Bertz CT molecular complexity index is 1020. The lowest BCUT2D eigenvalue weighted by Crippen LogP contribution is -2.38. The number of hydrogen-bond acceptors (Lipinski definition) is 6. The first-order valence-electron chi connectivity index (χ1n) is 9.76. The maximum atomic E-state index is 12.0. The summed E-state index contributed by atoms with van der Waals surface area (Å²) in [6.45, 7) is 5.56. The lowest BCUT2D eigenvalue weighted by molar-refractivity contribution is 0.0503. The van der Waals surface area contributed by atoms with Crippen molar-refractivity contribution in [2.24, 2.45) is 7.05 Å². The highest BCUT2D eigenvalue weighted by Gasteiger charge is 2.30. The molecular formula is C20H26N6O3. The van der Waals surface area contributed by atoms with Crippen molar-refractivity contribution < 1.29 is 14.3 Å². The van der Waals surface area contributed by atoms with Crippen LogP contribution in [-0.4, -0.2) is 48.2 Å². The van der Waals surface area contributed by atoms with E-state index in [1.165, 1.54) is 0 Å². The lowest BCUT2D eigenvalue weighted by Gasteiger charge is -2.21. The summed E-state index contributed by atoms with van der Waals surface area (Å²) in [5.41, 5.74) is 1.93. The van der Waals surface area contributed by atoms with Gasteiger partial charge >= 0.3 is 6.09 Å². The number of rotatable bonds is 4. The van der Waals surface area contributed by atoms with Crippen molar-refractivity contribution in [3.63, 3.8) is 0 Å². The fraction of sp³-hybridized carbons (Fsp3) is 0.500. The molecule has 1 N–H and O–H groups in total. The number of aromatic nitrogens is 5. The topological polar surface area (TPSA) is 95.6 Å². The van der Waals surface area contributed by atoms with Crippen molar-refractivity contribution in [2.75, 3.05) is 0 Å². The minimum absolute atomic E-state index is 0.0253. The van der Waals surface area contributed by atoms with E-state index in [4.69, 9.17) is 14.5 Å². The van der Waals surface area contributed by atoms with Gasteiger partial charge in [-0.25, -0.2) is 14.3 Å². The molecule has 9 nitrogen and oxygen atoms in total. The van der Waals surface area contributed by atoms with Gasteiger partial charge in [-0.3, -0.25) is 4.68 Å². The smallest absolute Gasteiger partial charge is 0.407 e. The van der Waals surface area contributed by atoms with E-state index in [-0.39, 0.29) is 12.1 Å². The Morgan fingerprint density at radius 1 is 1.24 bits per heavy atom. The molecule has 0 aliphatic heterocycles. The molecule has 9 heteroatoms. The van der Waals surface area contributed by atoms with Crippen LogP contribution in [0.25, 0.3) is 16.8 Å². The van der Waals surface area contributed by atoms with Gasteiger partial charge in [0.05, 0.1) is 24.3 Å². The van der Waals surface area contributed by atoms with E-state index in [0.717, 1.165) is 29.6 Å². The average Bonchev–Trinajstić information content (AvgIpc) is 3.34. The Morgan fingerprint density at radius 3 is 2.79 bits per heavy atom. The highest BCUT2D eigenvalue weighted by Crippen LogP contribution is 2.29. The number of nitrogens with zero attached hydrogens (tertiary/aromatic N) is 5. The molecule has 1 aliphatic carbocycles. The van der Waals surface area contributed by atoms with E-state index in [1.807, 2.05) is 46.3 Å². The Labute approximate surface area is 169 Å². The summed E-state index contributed by atoms with van der Waals surface area (Å²) < 4.78 is 15.1. The zero-order chi connectivity index (χ0) is 20.6. The maximum absolute atomic E-state index is 12.0. The molecule has 3 heterocycles. The van der Waals surface area contributed by atoms with Crippen molar-refractivity contribution >= 4 is 11.6 Å². The number of nitrogens with one attached hydrogen (secondary N) is 1. The SMILES string of the molecule is Cn1cc(-c2cn3nccc3c(O[C@@H]3CC[C@H](NC(=O)OC(C)(C)C)C3)n2)cn1. The zero-order valence-electron chi connectivity index (χ0n) is 17.1. The first-order valence-corrected chi connectivity index (χ1v) is 9.76. The summed E-state index contributed by atoms with van der Waals surface area (Å²) >= 11 is 0. The molecule has 1 fully saturated rings. The second-order valence-corrected chi connectivity index (χ2v) is 8.39. The van der Waals surface area contributed by atoms with Crippen LogP contribution in [0, 0.1) is 0 Å². The second-order valence-electron chi connectivity index (χ2n) is 8.39. The molecule has 1 amide bonds. The van der Waals surface area contributed by atoms with Crippen molar-refractivity contribution in [1.82, 2.24) is 29.7 Å². The molecule has 3 aromatic rings. The van der Waals surface area contributed by atoms with Gasteiger partial charge in [-0.15, -0.1) is 0 Å². The van der Waals surface area contributed by atoms with Crippen LogP contribution in [0.1, 0.15) is 40.0 Å². The molecule has 0 spiro atoms. The van der Waals surface area contributed by atoms with Crippen LogP contribution in [0.4, 0.5) is 4.79 Å². The third-order valence-corrected chi connectivity index (χ3v) is 4.74.